The van der Waals surface area contributed by atoms with E-state index in [4.69, 9.17) is 10.5 Å². The van der Waals surface area contributed by atoms with Crippen LogP contribution in [0, 0.1) is 18.2 Å². The van der Waals surface area contributed by atoms with Crippen LogP contribution in [0.15, 0.2) is 78.3 Å². The second-order valence-electron chi connectivity index (χ2n) is 20.4. The molecular weight excluding hydrogens is 952 g/mol. The van der Waals surface area contributed by atoms with E-state index in [1.54, 1.807) is 17.4 Å². The molecule has 0 aliphatic carbocycles. The fourth-order valence-electron chi connectivity index (χ4n) is 9.77. The summed E-state index contributed by atoms with van der Waals surface area (Å²) in [6.07, 6.45) is 3.22. The predicted octanol–water partition coefficient (Wildman–Crippen LogP) is 6.46. The molecule has 3 aliphatic heterocycles. The number of piperidine rings is 1. The van der Waals surface area contributed by atoms with Gasteiger partial charge in [-0.2, -0.15) is 0 Å². The molecule has 3 saturated heterocycles. The summed E-state index contributed by atoms with van der Waals surface area (Å²) < 4.78 is 20.3. The number of aromatic hydroxyl groups is 1. The number of aliphatic hydroxyl groups excluding tert-OH is 1. The molecule has 3 fully saturated rings. The van der Waals surface area contributed by atoms with Gasteiger partial charge < -0.3 is 50.9 Å². The Balaban J connectivity index is 0.738. The average Bonchev–Trinajstić information content (AvgIpc) is 4.01. The summed E-state index contributed by atoms with van der Waals surface area (Å²) in [6, 6.07) is 19.7. The van der Waals surface area contributed by atoms with Crippen molar-refractivity contribution in [3.63, 3.8) is 0 Å². The molecule has 4 atom stereocenters. The van der Waals surface area contributed by atoms with Crippen molar-refractivity contribution in [1.82, 2.24) is 35.6 Å². The number of thiazole rings is 1. The molecular formula is C54H67FN10O7S. The molecule has 6 N–H and O–H groups in total. The normalized spacial score (nSPS) is 18.6. The van der Waals surface area contributed by atoms with E-state index in [-0.39, 0.29) is 72.6 Å². The number of piperazine rings is 1. The number of ether oxygens (including phenoxy) is 1. The van der Waals surface area contributed by atoms with Gasteiger partial charge in [0.05, 0.1) is 28.7 Å². The Bertz CT molecular complexity index is 2730. The van der Waals surface area contributed by atoms with Gasteiger partial charge in [-0.1, -0.05) is 51.5 Å². The quantitative estimate of drug-likeness (QED) is 0.0633. The molecule has 4 amide bonds. The molecule has 8 rings (SSSR count). The minimum atomic E-state index is -0.911. The minimum Gasteiger partial charge on any atom is -0.507 e. The van der Waals surface area contributed by atoms with Gasteiger partial charge in [0.2, 0.25) is 23.6 Å². The van der Waals surface area contributed by atoms with Gasteiger partial charge in [0.25, 0.3) is 0 Å². The lowest BCUT2D eigenvalue weighted by molar-refractivity contribution is -0.144. The van der Waals surface area contributed by atoms with Gasteiger partial charge in [0.15, 0.2) is 11.6 Å². The maximum Gasteiger partial charge on any atom is 0.246 e. The van der Waals surface area contributed by atoms with Crippen LogP contribution in [-0.2, 0) is 25.7 Å². The lowest BCUT2D eigenvalue weighted by atomic mass is 9.85. The number of carbonyl (C=O) groups excluding carboxylic acids is 4. The van der Waals surface area contributed by atoms with Crippen molar-refractivity contribution in [3.8, 4) is 33.2 Å². The Kier molecular flexibility index (Phi) is 16.8. The van der Waals surface area contributed by atoms with Crippen molar-refractivity contribution in [1.29, 1.82) is 0 Å². The Morgan fingerprint density at radius 1 is 0.890 bits per heavy atom. The van der Waals surface area contributed by atoms with Crippen LogP contribution >= 0.6 is 11.3 Å². The fraction of sp³-hybridized carbons (Fsp3) is 0.463. The van der Waals surface area contributed by atoms with Crippen LogP contribution < -0.4 is 30.9 Å². The number of nitrogens with zero attached hydrogens (tertiary/aromatic N) is 7. The van der Waals surface area contributed by atoms with Gasteiger partial charge in [0.1, 0.15) is 35.4 Å². The Labute approximate surface area is 429 Å². The summed E-state index contributed by atoms with van der Waals surface area (Å²) in [5.74, 6) is -1.14. The number of amides is 4. The molecule has 388 valence electrons. The lowest BCUT2D eigenvalue weighted by Crippen LogP contribution is -2.57. The monoisotopic (exact) mass is 1020 g/mol. The number of phenols is 1. The molecule has 0 saturated carbocycles. The summed E-state index contributed by atoms with van der Waals surface area (Å²) in [7, 11) is 0. The molecule has 2 aromatic heterocycles. The number of nitrogens with one attached hydrogen (secondary N) is 2. The zero-order valence-corrected chi connectivity index (χ0v) is 42.9. The highest BCUT2D eigenvalue weighted by Gasteiger charge is 2.44. The Hall–Kier alpha value is -6.86. The summed E-state index contributed by atoms with van der Waals surface area (Å²) in [5.41, 5.74) is 12.8. The van der Waals surface area contributed by atoms with E-state index in [1.807, 2.05) is 62.4 Å². The van der Waals surface area contributed by atoms with E-state index in [9.17, 15) is 33.8 Å². The number of hydrogen-bond acceptors (Lipinski definition) is 14. The lowest BCUT2D eigenvalue weighted by Gasteiger charge is -2.37. The highest BCUT2D eigenvalue weighted by molar-refractivity contribution is 7.13. The number of anilines is 3. The number of hydrogen-bond donors (Lipinski definition) is 5. The maximum absolute atomic E-state index is 14.1. The highest BCUT2D eigenvalue weighted by Crippen LogP contribution is 2.34. The molecule has 0 radical (unpaired) electrons. The maximum atomic E-state index is 14.1. The van der Waals surface area contributed by atoms with Crippen molar-refractivity contribution in [3.05, 3.63) is 95.4 Å². The van der Waals surface area contributed by atoms with Crippen LogP contribution in [0.4, 0.5) is 21.6 Å². The number of rotatable bonds is 17. The second kappa shape index (κ2) is 23.3. The van der Waals surface area contributed by atoms with Crippen LogP contribution in [0.1, 0.15) is 83.4 Å². The van der Waals surface area contributed by atoms with E-state index < -0.39 is 35.3 Å². The van der Waals surface area contributed by atoms with Gasteiger partial charge in [-0.3, -0.25) is 19.2 Å². The Morgan fingerprint density at radius 2 is 1.60 bits per heavy atom. The number of phenolic OH excluding ortho intramolecular Hbond substituents is 1. The predicted molar refractivity (Wildman–Crippen MR) is 279 cm³/mol. The first-order chi connectivity index (χ1) is 35.0. The summed E-state index contributed by atoms with van der Waals surface area (Å²) in [4.78, 5) is 67.4. The van der Waals surface area contributed by atoms with Crippen molar-refractivity contribution >= 4 is 52.2 Å². The van der Waals surface area contributed by atoms with E-state index in [1.165, 1.54) is 23.1 Å². The van der Waals surface area contributed by atoms with Crippen LogP contribution in [0.25, 0.3) is 21.7 Å². The molecule has 5 heterocycles. The highest BCUT2D eigenvalue weighted by atomic mass is 32.1. The molecule has 3 aromatic carbocycles. The average molecular weight is 1020 g/mol. The molecule has 0 spiro atoms. The number of nitrogen functional groups attached to an aromatic ring is 1. The number of aromatic nitrogens is 3. The standard InChI is InChI=1S/C54H67FN10O7S/c1-34-49(73-33-58-34)36-14-12-35(13-15-36)30-57-52(70)44-28-40(66)31-65(44)53(71)50(54(2,3)4)59-47(68)10-6-5-7-11-48(69)63-25-23-62(24-26-63)38-17-19-39(20-18-38)64-22-8-9-41(32-64)72-46-29-43(60-61-51(46)56)42-27-37(55)16-21-45(42)67/h12-21,27,29,33,40-41,44,50,66-67H,5-11,22-26,28,30-32H2,1-4H3,(H2,56,61)(H,57,70)(H,59,68)/t40-,41?,44+,50?/m1/s1. The molecule has 17 nitrogen and oxygen atoms in total. The number of nitrogens with two attached hydrogens (primary N) is 1. The number of β-amino-alcohol motifs (C(OH)–C–C–N with tert-alkyl or cyclic N) is 1. The number of likely N-dealkylation sites (tertiary alicyclic amines) is 1. The van der Waals surface area contributed by atoms with E-state index in [2.05, 4.69) is 59.9 Å². The van der Waals surface area contributed by atoms with Gasteiger partial charge >= 0.3 is 0 Å². The van der Waals surface area contributed by atoms with Crippen LogP contribution in [0.2, 0.25) is 0 Å². The molecule has 5 aromatic rings. The third-order valence-corrected chi connectivity index (χ3v) is 14.9. The number of aliphatic hydroxyl groups is 1. The SMILES string of the molecule is Cc1ncsc1-c1ccc(CNC(=O)[C@@H]2C[C@@H](O)CN2C(=O)C(NC(=O)CCCCCC(=O)N2CCN(c3ccc(N4CCCC(Oc5cc(-c6cc(F)ccc6O)nnc5N)C4)cc3)CC2)C(C)(C)C)cc1. The zero-order valence-electron chi connectivity index (χ0n) is 42.1. The third kappa shape index (κ3) is 13.2. The van der Waals surface area contributed by atoms with Crippen LogP contribution in [0.5, 0.6) is 11.5 Å². The minimum absolute atomic E-state index is 0.000972. The number of benzene rings is 3. The van der Waals surface area contributed by atoms with Crippen molar-refractivity contribution in [2.75, 3.05) is 61.3 Å². The third-order valence-electron chi connectivity index (χ3n) is 13.9. The second-order valence-corrected chi connectivity index (χ2v) is 21.2. The summed E-state index contributed by atoms with van der Waals surface area (Å²) >= 11 is 1.57. The number of aryl methyl sites for hydroxylation is 1. The number of halogens is 1. The molecule has 0 bridgehead atoms. The van der Waals surface area contributed by atoms with Gasteiger partial charge in [0, 0.05) is 88.1 Å². The summed E-state index contributed by atoms with van der Waals surface area (Å²) in [5, 5.41) is 34.8. The van der Waals surface area contributed by atoms with E-state index >= 15 is 0 Å². The first-order valence-electron chi connectivity index (χ1n) is 25.2. The van der Waals surface area contributed by atoms with Crippen molar-refractivity contribution < 1.29 is 38.5 Å². The van der Waals surface area contributed by atoms with E-state index in [0.717, 1.165) is 52.5 Å². The topological polar surface area (TPSA) is 220 Å². The smallest absolute Gasteiger partial charge is 0.246 e. The summed E-state index contributed by atoms with van der Waals surface area (Å²) in [6.45, 7) is 11.9. The molecule has 2 unspecified atom stereocenters. The Morgan fingerprint density at radius 3 is 2.30 bits per heavy atom. The molecule has 19 heteroatoms. The fourth-order valence-corrected chi connectivity index (χ4v) is 10.6. The molecule has 73 heavy (non-hydrogen) atoms. The van der Waals surface area contributed by atoms with Crippen molar-refractivity contribution in [2.45, 2.75) is 110 Å². The van der Waals surface area contributed by atoms with Gasteiger partial charge in [-0.05, 0) is 91.6 Å². The molecule has 3 aliphatic rings. The zero-order chi connectivity index (χ0) is 51.8. The number of carbonyl (C=O) groups is 4. The first-order valence-corrected chi connectivity index (χ1v) is 26.1. The van der Waals surface area contributed by atoms with E-state index in [0.29, 0.717) is 64.2 Å². The van der Waals surface area contributed by atoms with Gasteiger partial charge in [-0.15, -0.1) is 21.5 Å². The van der Waals surface area contributed by atoms with Gasteiger partial charge in [-0.25, -0.2) is 9.37 Å². The first kappa shape index (κ1) is 52.5. The van der Waals surface area contributed by atoms with Crippen molar-refractivity contribution in [2.24, 2.45) is 5.41 Å². The largest absolute Gasteiger partial charge is 0.507 e. The number of unbranched alkanes of at least 4 members (excludes halogenated alkanes) is 2. The van der Waals surface area contributed by atoms with Crippen LogP contribution in [-0.4, -0.2) is 129 Å². The van der Waals surface area contributed by atoms with Crippen LogP contribution in [0.3, 0.4) is 0 Å².